The lowest BCUT2D eigenvalue weighted by atomic mass is 10.1. The van der Waals surface area contributed by atoms with Crippen molar-refractivity contribution in [1.82, 2.24) is 10.6 Å². The molecule has 0 aromatic heterocycles. The van der Waals surface area contributed by atoms with Crippen LogP contribution in [0.3, 0.4) is 0 Å². The zero-order chi connectivity index (χ0) is 17.7. The summed E-state index contributed by atoms with van der Waals surface area (Å²) in [5.74, 6) is 1.76. The maximum absolute atomic E-state index is 5.92. The molecule has 0 amide bonds. The Labute approximate surface area is 151 Å². The zero-order valence-electron chi connectivity index (χ0n) is 15.4. The van der Waals surface area contributed by atoms with Crippen LogP contribution in [0.4, 0.5) is 0 Å². The summed E-state index contributed by atoms with van der Waals surface area (Å²) < 4.78 is 16.9. The van der Waals surface area contributed by atoms with E-state index in [9.17, 15) is 0 Å². The SMILES string of the molecule is CCCCOCCOCCNC(=NC)NCC1Cc2ccccc2O1. The molecular formula is C19H31N3O3. The molecule has 0 aliphatic carbocycles. The molecule has 0 radical (unpaired) electrons. The summed E-state index contributed by atoms with van der Waals surface area (Å²) in [6.45, 7) is 6.33. The fourth-order valence-corrected chi connectivity index (χ4v) is 2.61. The van der Waals surface area contributed by atoms with E-state index in [1.54, 1.807) is 7.05 Å². The number of hydrogen-bond donors (Lipinski definition) is 2. The Balaban J connectivity index is 1.50. The average Bonchev–Trinajstić information content (AvgIpc) is 3.05. The van der Waals surface area contributed by atoms with Crippen LogP contribution in [0, 0.1) is 0 Å². The predicted octanol–water partition coefficient (Wildman–Crippen LogP) is 1.99. The minimum Gasteiger partial charge on any atom is -0.488 e. The van der Waals surface area contributed by atoms with Crippen molar-refractivity contribution in [2.75, 3.05) is 46.6 Å². The van der Waals surface area contributed by atoms with Gasteiger partial charge in [-0.25, -0.2) is 0 Å². The molecule has 0 bridgehead atoms. The maximum atomic E-state index is 5.92. The highest BCUT2D eigenvalue weighted by molar-refractivity contribution is 5.79. The lowest BCUT2D eigenvalue weighted by Crippen LogP contribution is -2.43. The molecule has 6 nitrogen and oxygen atoms in total. The van der Waals surface area contributed by atoms with Gasteiger partial charge in [0.15, 0.2) is 5.96 Å². The molecule has 140 valence electrons. The topological polar surface area (TPSA) is 64.1 Å². The molecule has 0 spiro atoms. The summed E-state index contributed by atoms with van der Waals surface area (Å²) in [6, 6.07) is 8.19. The van der Waals surface area contributed by atoms with Crippen molar-refractivity contribution in [3.05, 3.63) is 29.8 Å². The highest BCUT2D eigenvalue weighted by Crippen LogP contribution is 2.27. The fourth-order valence-electron chi connectivity index (χ4n) is 2.61. The molecule has 1 unspecified atom stereocenters. The first-order valence-electron chi connectivity index (χ1n) is 9.18. The summed E-state index contributed by atoms with van der Waals surface area (Å²) in [5, 5.41) is 6.55. The van der Waals surface area contributed by atoms with E-state index < -0.39 is 0 Å². The van der Waals surface area contributed by atoms with Crippen LogP contribution in [0.15, 0.2) is 29.3 Å². The molecule has 2 N–H and O–H groups in total. The number of unbranched alkanes of at least 4 members (excludes halogenated alkanes) is 1. The van der Waals surface area contributed by atoms with Crippen molar-refractivity contribution in [3.8, 4) is 5.75 Å². The van der Waals surface area contributed by atoms with Crippen LogP contribution >= 0.6 is 0 Å². The molecule has 1 atom stereocenters. The highest BCUT2D eigenvalue weighted by Gasteiger charge is 2.22. The molecule has 1 aliphatic heterocycles. The molecule has 0 fully saturated rings. The van der Waals surface area contributed by atoms with Gasteiger partial charge in [0, 0.05) is 26.6 Å². The Morgan fingerprint density at radius 2 is 1.96 bits per heavy atom. The summed E-state index contributed by atoms with van der Waals surface area (Å²) >= 11 is 0. The summed E-state index contributed by atoms with van der Waals surface area (Å²) in [4.78, 5) is 4.22. The van der Waals surface area contributed by atoms with Crippen LogP contribution in [0.25, 0.3) is 0 Å². The zero-order valence-corrected chi connectivity index (χ0v) is 15.4. The smallest absolute Gasteiger partial charge is 0.191 e. The van der Waals surface area contributed by atoms with E-state index in [0.717, 1.165) is 44.1 Å². The first kappa shape index (κ1) is 19.5. The van der Waals surface area contributed by atoms with Crippen molar-refractivity contribution < 1.29 is 14.2 Å². The first-order chi connectivity index (χ1) is 12.3. The van der Waals surface area contributed by atoms with Gasteiger partial charge in [-0.15, -0.1) is 0 Å². The van der Waals surface area contributed by atoms with Gasteiger partial charge < -0.3 is 24.8 Å². The molecule has 25 heavy (non-hydrogen) atoms. The van der Waals surface area contributed by atoms with Crippen molar-refractivity contribution >= 4 is 5.96 Å². The minimum atomic E-state index is 0.146. The van der Waals surface area contributed by atoms with Crippen LogP contribution in [0.2, 0.25) is 0 Å². The van der Waals surface area contributed by atoms with E-state index in [2.05, 4.69) is 28.6 Å². The second kappa shape index (κ2) is 11.7. The van der Waals surface area contributed by atoms with Crippen molar-refractivity contribution in [1.29, 1.82) is 0 Å². The fraction of sp³-hybridized carbons (Fsp3) is 0.632. The maximum Gasteiger partial charge on any atom is 0.191 e. The predicted molar refractivity (Wildman–Crippen MR) is 100 cm³/mol. The van der Waals surface area contributed by atoms with E-state index in [4.69, 9.17) is 14.2 Å². The summed E-state index contributed by atoms with van der Waals surface area (Å²) in [6.07, 6.45) is 3.35. The van der Waals surface area contributed by atoms with Crippen molar-refractivity contribution in [3.63, 3.8) is 0 Å². The molecule has 1 aromatic rings. The number of guanidine groups is 1. The normalized spacial score (nSPS) is 16.4. The van der Waals surface area contributed by atoms with Crippen molar-refractivity contribution in [2.24, 2.45) is 4.99 Å². The van der Waals surface area contributed by atoms with Gasteiger partial charge in [0.1, 0.15) is 11.9 Å². The number of nitrogens with one attached hydrogen (secondary N) is 2. The molecule has 2 rings (SSSR count). The van der Waals surface area contributed by atoms with E-state index in [1.807, 2.05) is 18.2 Å². The molecule has 6 heteroatoms. The van der Waals surface area contributed by atoms with E-state index in [0.29, 0.717) is 26.4 Å². The number of hydrogen-bond acceptors (Lipinski definition) is 4. The van der Waals surface area contributed by atoms with Gasteiger partial charge in [0.05, 0.1) is 26.4 Å². The van der Waals surface area contributed by atoms with Gasteiger partial charge >= 0.3 is 0 Å². The molecule has 0 saturated heterocycles. The monoisotopic (exact) mass is 349 g/mol. The van der Waals surface area contributed by atoms with Gasteiger partial charge in [-0.3, -0.25) is 4.99 Å². The van der Waals surface area contributed by atoms with E-state index >= 15 is 0 Å². The number of ether oxygens (including phenoxy) is 3. The third-order valence-electron chi connectivity index (χ3n) is 3.99. The quantitative estimate of drug-likeness (QED) is 0.363. The third kappa shape index (κ3) is 7.32. The average molecular weight is 349 g/mol. The Hall–Kier alpha value is -1.79. The Morgan fingerprint density at radius 3 is 2.72 bits per heavy atom. The summed E-state index contributed by atoms with van der Waals surface area (Å²) in [5.41, 5.74) is 1.27. The summed E-state index contributed by atoms with van der Waals surface area (Å²) in [7, 11) is 1.77. The van der Waals surface area contributed by atoms with Crippen LogP contribution < -0.4 is 15.4 Å². The number of aliphatic imine (C=N–C) groups is 1. The standard InChI is InChI=1S/C19H31N3O3/c1-3-4-10-23-12-13-24-11-9-21-19(20-2)22-15-17-14-16-7-5-6-8-18(16)25-17/h5-8,17H,3-4,9-15H2,1-2H3,(H2,20,21,22). The number of fused-ring (bicyclic) bond motifs is 1. The van der Waals surface area contributed by atoms with Crippen LogP contribution in [0.5, 0.6) is 5.75 Å². The van der Waals surface area contributed by atoms with Gasteiger partial charge in [0.2, 0.25) is 0 Å². The number of benzene rings is 1. The van der Waals surface area contributed by atoms with Gasteiger partial charge in [-0.05, 0) is 18.1 Å². The Kier molecular flexibility index (Phi) is 9.15. The van der Waals surface area contributed by atoms with Crippen LogP contribution in [-0.2, 0) is 15.9 Å². The second-order valence-electron chi connectivity index (χ2n) is 6.01. The second-order valence-corrected chi connectivity index (χ2v) is 6.01. The molecule has 1 heterocycles. The van der Waals surface area contributed by atoms with Gasteiger partial charge in [-0.1, -0.05) is 31.5 Å². The largest absolute Gasteiger partial charge is 0.488 e. The van der Waals surface area contributed by atoms with Crippen LogP contribution in [0.1, 0.15) is 25.3 Å². The molecule has 0 saturated carbocycles. The van der Waals surface area contributed by atoms with Crippen molar-refractivity contribution in [2.45, 2.75) is 32.3 Å². The lowest BCUT2D eigenvalue weighted by Gasteiger charge is -2.15. The van der Waals surface area contributed by atoms with Gasteiger partial charge in [-0.2, -0.15) is 0 Å². The number of rotatable bonds is 11. The Morgan fingerprint density at radius 1 is 1.16 bits per heavy atom. The van der Waals surface area contributed by atoms with Crippen LogP contribution in [-0.4, -0.2) is 58.6 Å². The number of para-hydroxylation sites is 1. The molecule has 1 aromatic carbocycles. The first-order valence-corrected chi connectivity index (χ1v) is 9.18. The van der Waals surface area contributed by atoms with Gasteiger partial charge in [0.25, 0.3) is 0 Å². The van der Waals surface area contributed by atoms with E-state index in [-0.39, 0.29) is 6.10 Å². The highest BCUT2D eigenvalue weighted by atomic mass is 16.5. The third-order valence-corrected chi connectivity index (χ3v) is 3.99. The van der Waals surface area contributed by atoms with E-state index in [1.165, 1.54) is 5.56 Å². The Bertz CT molecular complexity index is 497. The molecule has 1 aliphatic rings. The minimum absolute atomic E-state index is 0.146. The molecular weight excluding hydrogens is 318 g/mol. The lowest BCUT2D eigenvalue weighted by molar-refractivity contribution is 0.0487. The number of nitrogens with zero attached hydrogens (tertiary/aromatic N) is 1.